The van der Waals surface area contributed by atoms with E-state index < -0.39 is 11.7 Å². The lowest BCUT2D eigenvalue weighted by atomic mass is 10.2. The van der Waals surface area contributed by atoms with Gasteiger partial charge in [-0.3, -0.25) is 10.3 Å². The first kappa shape index (κ1) is 28.1. The summed E-state index contributed by atoms with van der Waals surface area (Å²) >= 11 is 0. The van der Waals surface area contributed by atoms with E-state index in [1.54, 1.807) is 33.9 Å². The molecule has 4 N–H and O–H groups in total. The van der Waals surface area contributed by atoms with Gasteiger partial charge in [-0.25, -0.2) is 10.2 Å². The number of nitrogens with two attached hydrogens (primary N) is 1. The number of rotatable bonds is 11. The SMILES string of the molecule is COCCOc1ccc(N2CCN(CCN(C)c3cc(NNC(=O)OC(C)(C)C)nc(N)n3)CC2)cc1. The predicted molar refractivity (Wildman–Crippen MR) is 145 cm³/mol. The maximum Gasteiger partial charge on any atom is 0.426 e. The summed E-state index contributed by atoms with van der Waals surface area (Å²) in [6, 6.07) is 9.95. The van der Waals surface area contributed by atoms with Crippen LogP contribution in [0, 0.1) is 0 Å². The normalized spacial score (nSPS) is 14.2. The molecule has 0 bridgehead atoms. The first-order valence-electron chi connectivity index (χ1n) is 12.4. The van der Waals surface area contributed by atoms with Crippen LogP contribution in [0.3, 0.4) is 0 Å². The quantitative estimate of drug-likeness (QED) is 0.300. The van der Waals surface area contributed by atoms with Gasteiger partial charge in [0, 0.05) is 65.2 Å². The molecule has 12 nitrogen and oxygen atoms in total. The van der Waals surface area contributed by atoms with E-state index in [0.717, 1.165) is 45.0 Å². The zero-order valence-electron chi connectivity index (χ0n) is 22.5. The Hall–Kier alpha value is -3.51. The minimum Gasteiger partial charge on any atom is -0.491 e. The number of amides is 1. The fourth-order valence-electron chi connectivity index (χ4n) is 3.76. The monoisotopic (exact) mass is 516 g/mol. The van der Waals surface area contributed by atoms with Gasteiger partial charge < -0.3 is 29.7 Å². The molecule has 0 unspecified atom stereocenters. The van der Waals surface area contributed by atoms with Crippen LogP contribution in [-0.2, 0) is 9.47 Å². The lowest BCUT2D eigenvalue weighted by Crippen LogP contribution is -2.48. The molecule has 1 aliphatic heterocycles. The number of carbonyl (C=O) groups is 1. The van der Waals surface area contributed by atoms with E-state index in [0.29, 0.717) is 24.8 Å². The predicted octanol–water partition coefficient (Wildman–Crippen LogP) is 2.19. The Kier molecular flexibility index (Phi) is 9.98. The number of piperazine rings is 1. The van der Waals surface area contributed by atoms with Crippen LogP contribution in [0.2, 0.25) is 0 Å². The Balaban J connectivity index is 1.44. The molecule has 37 heavy (non-hydrogen) atoms. The molecular formula is C25H40N8O4. The highest BCUT2D eigenvalue weighted by Crippen LogP contribution is 2.21. The molecule has 0 aliphatic carbocycles. The summed E-state index contributed by atoms with van der Waals surface area (Å²) in [5.41, 5.74) is 11.7. The summed E-state index contributed by atoms with van der Waals surface area (Å²) < 4.78 is 15.9. The number of nitrogens with one attached hydrogen (secondary N) is 2. The second-order valence-electron chi connectivity index (χ2n) is 9.81. The van der Waals surface area contributed by atoms with E-state index in [2.05, 4.69) is 42.8 Å². The molecule has 0 atom stereocenters. The zero-order chi connectivity index (χ0) is 26.8. The summed E-state index contributed by atoms with van der Waals surface area (Å²) in [5, 5.41) is 0. The molecule has 1 saturated heterocycles. The van der Waals surface area contributed by atoms with Crippen molar-refractivity contribution in [1.29, 1.82) is 0 Å². The molecule has 1 fully saturated rings. The van der Waals surface area contributed by atoms with Gasteiger partial charge in [0.2, 0.25) is 5.95 Å². The van der Waals surface area contributed by atoms with Crippen LogP contribution < -0.4 is 31.1 Å². The number of aromatic nitrogens is 2. The average molecular weight is 517 g/mol. The number of nitrogens with zero attached hydrogens (tertiary/aromatic N) is 5. The Labute approximate surface area is 219 Å². The van der Waals surface area contributed by atoms with Gasteiger partial charge in [0.05, 0.1) is 6.61 Å². The number of ether oxygens (including phenoxy) is 3. The highest BCUT2D eigenvalue weighted by molar-refractivity contribution is 5.69. The summed E-state index contributed by atoms with van der Waals surface area (Å²) in [6.45, 7) is 12.0. The number of methoxy groups -OCH3 is 1. The Bertz CT molecular complexity index is 991. The van der Waals surface area contributed by atoms with Crippen molar-refractivity contribution in [2.75, 3.05) is 87.6 Å². The van der Waals surface area contributed by atoms with Gasteiger partial charge in [-0.05, 0) is 45.0 Å². The van der Waals surface area contributed by atoms with E-state index in [-0.39, 0.29) is 5.95 Å². The number of anilines is 4. The molecule has 1 aromatic carbocycles. The highest BCUT2D eigenvalue weighted by Gasteiger charge is 2.19. The van der Waals surface area contributed by atoms with Crippen LogP contribution in [0.5, 0.6) is 5.75 Å². The van der Waals surface area contributed by atoms with Crippen LogP contribution in [0.25, 0.3) is 0 Å². The maximum atomic E-state index is 11.9. The van der Waals surface area contributed by atoms with Crippen molar-refractivity contribution in [1.82, 2.24) is 20.3 Å². The molecule has 2 aromatic rings. The van der Waals surface area contributed by atoms with Crippen LogP contribution in [0.4, 0.5) is 28.1 Å². The van der Waals surface area contributed by atoms with E-state index in [1.165, 1.54) is 5.69 Å². The van der Waals surface area contributed by atoms with Crippen molar-refractivity contribution < 1.29 is 19.0 Å². The number of benzene rings is 1. The topological polar surface area (TPSA) is 130 Å². The third-order valence-electron chi connectivity index (χ3n) is 5.69. The number of likely N-dealkylation sites (N-methyl/N-ethyl adjacent to an activating group) is 1. The van der Waals surface area contributed by atoms with Crippen molar-refractivity contribution in [3.05, 3.63) is 30.3 Å². The Morgan fingerprint density at radius 3 is 2.46 bits per heavy atom. The smallest absolute Gasteiger partial charge is 0.426 e. The third-order valence-corrected chi connectivity index (χ3v) is 5.69. The maximum absolute atomic E-state index is 11.9. The molecule has 12 heteroatoms. The van der Waals surface area contributed by atoms with E-state index in [1.807, 2.05) is 24.1 Å². The molecule has 0 saturated carbocycles. The highest BCUT2D eigenvalue weighted by atomic mass is 16.6. The number of hydrazine groups is 1. The van der Waals surface area contributed by atoms with E-state index >= 15 is 0 Å². The van der Waals surface area contributed by atoms with Crippen molar-refractivity contribution in [2.24, 2.45) is 0 Å². The lowest BCUT2D eigenvalue weighted by molar-refractivity contribution is 0.0541. The lowest BCUT2D eigenvalue weighted by Gasteiger charge is -2.36. The number of hydrogen-bond acceptors (Lipinski definition) is 11. The number of nitrogen functional groups attached to an aromatic ring is 1. The van der Waals surface area contributed by atoms with E-state index in [9.17, 15) is 4.79 Å². The van der Waals surface area contributed by atoms with Crippen LogP contribution in [0.15, 0.2) is 30.3 Å². The Morgan fingerprint density at radius 1 is 1.11 bits per heavy atom. The van der Waals surface area contributed by atoms with Crippen LogP contribution in [-0.4, -0.2) is 93.2 Å². The van der Waals surface area contributed by atoms with Gasteiger partial charge >= 0.3 is 6.09 Å². The van der Waals surface area contributed by atoms with Crippen molar-refractivity contribution in [2.45, 2.75) is 26.4 Å². The van der Waals surface area contributed by atoms with Crippen LogP contribution in [0.1, 0.15) is 20.8 Å². The fraction of sp³-hybridized carbons (Fsp3) is 0.560. The largest absolute Gasteiger partial charge is 0.491 e. The molecule has 0 radical (unpaired) electrons. The minimum absolute atomic E-state index is 0.113. The molecule has 0 spiro atoms. The first-order valence-corrected chi connectivity index (χ1v) is 12.4. The van der Waals surface area contributed by atoms with Gasteiger partial charge in [-0.1, -0.05) is 0 Å². The average Bonchev–Trinajstić information content (AvgIpc) is 2.86. The standard InChI is InChI=1S/C25H40N8O4/c1-25(2,3)37-24(34)30-29-21-18-22(28-23(26)27-21)31(4)10-11-32-12-14-33(15-13-32)19-6-8-20(9-7-19)36-17-16-35-5/h6-9,18H,10-17H2,1-5H3,(H,30,34)(H3,26,27,28,29). The van der Waals surface area contributed by atoms with E-state index in [4.69, 9.17) is 19.9 Å². The van der Waals surface area contributed by atoms with Gasteiger partial charge in [0.15, 0.2) is 5.82 Å². The first-order chi connectivity index (χ1) is 17.6. The molecule has 1 aliphatic rings. The van der Waals surface area contributed by atoms with Crippen molar-refractivity contribution >= 4 is 29.4 Å². The molecule has 1 aromatic heterocycles. The Morgan fingerprint density at radius 2 is 1.81 bits per heavy atom. The van der Waals surface area contributed by atoms with Crippen molar-refractivity contribution in [3.63, 3.8) is 0 Å². The molecule has 2 heterocycles. The number of hydrogen-bond donors (Lipinski definition) is 3. The molecule has 1 amide bonds. The summed E-state index contributed by atoms with van der Waals surface area (Å²) in [6.07, 6.45) is -0.606. The second-order valence-corrected chi connectivity index (χ2v) is 9.81. The summed E-state index contributed by atoms with van der Waals surface area (Å²) in [5.74, 6) is 2.00. The van der Waals surface area contributed by atoms with Gasteiger partial charge in [0.1, 0.15) is 23.8 Å². The van der Waals surface area contributed by atoms with Gasteiger partial charge in [-0.15, -0.1) is 0 Å². The molecule has 204 valence electrons. The fourth-order valence-corrected chi connectivity index (χ4v) is 3.76. The molecule has 3 rings (SSSR count). The van der Waals surface area contributed by atoms with Crippen molar-refractivity contribution in [3.8, 4) is 5.75 Å². The summed E-state index contributed by atoms with van der Waals surface area (Å²) in [7, 11) is 3.62. The number of carbonyl (C=O) groups excluding carboxylic acids is 1. The molecular weight excluding hydrogens is 476 g/mol. The van der Waals surface area contributed by atoms with Crippen LogP contribution >= 0.6 is 0 Å². The zero-order valence-corrected chi connectivity index (χ0v) is 22.5. The third kappa shape index (κ3) is 9.47. The summed E-state index contributed by atoms with van der Waals surface area (Å²) in [4.78, 5) is 27.2. The minimum atomic E-state index is -0.606. The van der Waals surface area contributed by atoms with Gasteiger partial charge in [-0.2, -0.15) is 9.97 Å². The van der Waals surface area contributed by atoms with Gasteiger partial charge in [0.25, 0.3) is 0 Å². The second kappa shape index (κ2) is 13.2.